The highest BCUT2D eigenvalue weighted by Crippen LogP contribution is 2.36. The Labute approximate surface area is 119 Å². The minimum atomic E-state index is -4.00. The standard InChI is InChI=1S/C9H11Cl2N3O4S/c1-5(4-12)13-19(17,18)7-3-2-6(10)9(8(7)11)14(15)16/h2-3,5,13H,4,12H2,1H3/t5-/m1/s1. The summed E-state index contributed by atoms with van der Waals surface area (Å²) in [5, 5.41) is 10.0. The maximum absolute atomic E-state index is 12.0. The second-order valence-electron chi connectivity index (χ2n) is 3.72. The highest BCUT2D eigenvalue weighted by atomic mass is 35.5. The average Bonchev–Trinajstić information content (AvgIpc) is 2.27. The molecule has 0 bridgehead atoms. The van der Waals surface area contributed by atoms with Gasteiger partial charge in [-0.05, 0) is 19.1 Å². The molecule has 0 saturated carbocycles. The van der Waals surface area contributed by atoms with Gasteiger partial charge in [0.05, 0.1) is 4.92 Å². The largest absolute Gasteiger partial charge is 0.329 e. The van der Waals surface area contributed by atoms with Gasteiger partial charge in [0.1, 0.15) is 14.9 Å². The Balaban J connectivity index is 3.37. The predicted molar refractivity (Wildman–Crippen MR) is 72.0 cm³/mol. The molecule has 0 unspecified atom stereocenters. The van der Waals surface area contributed by atoms with Crippen molar-refractivity contribution < 1.29 is 13.3 Å². The number of nitro groups is 1. The summed E-state index contributed by atoms with van der Waals surface area (Å²) in [4.78, 5) is 9.55. The molecule has 7 nitrogen and oxygen atoms in total. The zero-order valence-electron chi connectivity index (χ0n) is 9.76. The molecule has 0 aromatic heterocycles. The van der Waals surface area contributed by atoms with Crippen LogP contribution in [-0.4, -0.2) is 25.9 Å². The number of nitrogens with zero attached hydrogens (tertiary/aromatic N) is 1. The van der Waals surface area contributed by atoms with E-state index < -0.39 is 36.6 Å². The number of halogens is 2. The predicted octanol–water partition coefficient (Wildman–Crippen LogP) is 1.53. The quantitative estimate of drug-likeness (QED) is 0.628. The summed E-state index contributed by atoms with van der Waals surface area (Å²) in [7, 11) is -4.00. The van der Waals surface area contributed by atoms with Crippen LogP contribution in [0.5, 0.6) is 0 Å². The second-order valence-corrected chi connectivity index (χ2v) is 6.19. The third kappa shape index (κ3) is 3.54. The van der Waals surface area contributed by atoms with Crippen molar-refractivity contribution in [1.82, 2.24) is 4.72 Å². The lowest BCUT2D eigenvalue weighted by Gasteiger charge is -2.13. The minimum absolute atomic E-state index is 0.0759. The van der Waals surface area contributed by atoms with Crippen LogP contribution in [0, 0.1) is 10.1 Å². The summed E-state index contributed by atoms with van der Waals surface area (Å²) in [6.07, 6.45) is 0. The fourth-order valence-electron chi connectivity index (χ4n) is 1.27. The van der Waals surface area contributed by atoms with Crippen LogP contribution in [0.2, 0.25) is 10.0 Å². The Kier molecular flexibility index (Phi) is 5.11. The van der Waals surface area contributed by atoms with E-state index in [0.717, 1.165) is 12.1 Å². The lowest BCUT2D eigenvalue weighted by atomic mass is 10.3. The molecule has 0 heterocycles. The minimum Gasteiger partial charge on any atom is -0.329 e. The summed E-state index contributed by atoms with van der Waals surface area (Å²) >= 11 is 11.4. The third-order valence-electron chi connectivity index (χ3n) is 2.21. The van der Waals surface area contributed by atoms with Crippen LogP contribution in [0.25, 0.3) is 0 Å². The molecule has 19 heavy (non-hydrogen) atoms. The zero-order valence-corrected chi connectivity index (χ0v) is 12.1. The molecule has 0 aliphatic heterocycles. The van der Waals surface area contributed by atoms with Crippen molar-refractivity contribution in [2.75, 3.05) is 6.54 Å². The van der Waals surface area contributed by atoms with Crippen molar-refractivity contribution >= 4 is 38.9 Å². The number of hydrogen-bond acceptors (Lipinski definition) is 5. The number of nitro benzene ring substituents is 1. The van der Waals surface area contributed by atoms with Crippen LogP contribution in [0.15, 0.2) is 17.0 Å². The van der Waals surface area contributed by atoms with E-state index in [4.69, 9.17) is 28.9 Å². The molecule has 1 aromatic carbocycles. The monoisotopic (exact) mass is 327 g/mol. The molecule has 1 rings (SSSR count). The molecule has 0 fully saturated rings. The van der Waals surface area contributed by atoms with Gasteiger partial charge in [-0.2, -0.15) is 0 Å². The van der Waals surface area contributed by atoms with E-state index in [-0.39, 0.29) is 11.6 Å². The number of nitrogens with two attached hydrogens (primary N) is 1. The fraction of sp³-hybridized carbons (Fsp3) is 0.333. The molecule has 1 atom stereocenters. The van der Waals surface area contributed by atoms with E-state index >= 15 is 0 Å². The van der Waals surface area contributed by atoms with Gasteiger partial charge in [-0.3, -0.25) is 10.1 Å². The zero-order chi connectivity index (χ0) is 14.8. The van der Waals surface area contributed by atoms with Crippen molar-refractivity contribution in [3.63, 3.8) is 0 Å². The van der Waals surface area contributed by atoms with E-state index in [1.807, 2.05) is 0 Å². The Morgan fingerprint density at radius 2 is 2.05 bits per heavy atom. The lowest BCUT2D eigenvalue weighted by Crippen LogP contribution is -2.37. The van der Waals surface area contributed by atoms with E-state index in [2.05, 4.69) is 4.72 Å². The van der Waals surface area contributed by atoms with Gasteiger partial charge in [0.15, 0.2) is 0 Å². The van der Waals surface area contributed by atoms with E-state index in [9.17, 15) is 18.5 Å². The maximum Gasteiger partial charge on any atom is 0.307 e. The molecule has 106 valence electrons. The van der Waals surface area contributed by atoms with Crippen molar-refractivity contribution in [2.45, 2.75) is 17.9 Å². The first-order chi connectivity index (χ1) is 8.70. The van der Waals surface area contributed by atoms with Gasteiger partial charge in [-0.15, -0.1) is 0 Å². The van der Waals surface area contributed by atoms with Crippen LogP contribution < -0.4 is 10.5 Å². The SMILES string of the molecule is C[C@H](CN)NS(=O)(=O)c1ccc(Cl)c([N+](=O)[O-])c1Cl. The number of rotatable bonds is 5. The molecule has 0 saturated heterocycles. The van der Waals surface area contributed by atoms with Gasteiger partial charge in [-0.1, -0.05) is 23.2 Å². The molecule has 3 N–H and O–H groups in total. The summed E-state index contributed by atoms with van der Waals surface area (Å²) < 4.78 is 26.2. The van der Waals surface area contributed by atoms with Gasteiger partial charge in [0.2, 0.25) is 10.0 Å². The second kappa shape index (κ2) is 6.02. The number of hydrogen-bond donors (Lipinski definition) is 2. The van der Waals surface area contributed by atoms with E-state index in [0.29, 0.717) is 0 Å². The van der Waals surface area contributed by atoms with Gasteiger partial charge < -0.3 is 5.73 Å². The van der Waals surface area contributed by atoms with Gasteiger partial charge in [-0.25, -0.2) is 13.1 Å². The molecule has 0 spiro atoms. The van der Waals surface area contributed by atoms with Crippen LogP contribution >= 0.6 is 23.2 Å². The lowest BCUT2D eigenvalue weighted by molar-refractivity contribution is -0.384. The maximum atomic E-state index is 12.0. The Bertz CT molecular complexity index is 606. The topological polar surface area (TPSA) is 115 Å². The van der Waals surface area contributed by atoms with Gasteiger partial charge >= 0.3 is 5.69 Å². The molecular formula is C9H11Cl2N3O4S. The number of sulfonamides is 1. The summed E-state index contributed by atoms with van der Waals surface area (Å²) in [6, 6.07) is 1.67. The Hall–Kier alpha value is -0.930. The van der Waals surface area contributed by atoms with Crippen molar-refractivity contribution in [2.24, 2.45) is 5.73 Å². The van der Waals surface area contributed by atoms with Crippen molar-refractivity contribution in [1.29, 1.82) is 0 Å². The van der Waals surface area contributed by atoms with Gasteiger partial charge in [0, 0.05) is 12.6 Å². The average molecular weight is 328 g/mol. The van der Waals surface area contributed by atoms with Crippen LogP contribution in [0.3, 0.4) is 0 Å². The molecule has 1 aromatic rings. The summed E-state index contributed by atoms with van der Waals surface area (Å²) in [5.41, 5.74) is 4.66. The normalized spacial score (nSPS) is 13.3. The van der Waals surface area contributed by atoms with E-state index in [1.165, 1.54) is 0 Å². The highest BCUT2D eigenvalue weighted by Gasteiger charge is 2.28. The first-order valence-electron chi connectivity index (χ1n) is 5.05. The molecule has 0 aliphatic rings. The third-order valence-corrected chi connectivity index (χ3v) is 4.65. The van der Waals surface area contributed by atoms with Crippen LogP contribution in [-0.2, 0) is 10.0 Å². The van der Waals surface area contributed by atoms with Crippen molar-refractivity contribution in [3.05, 3.63) is 32.3 Å². The van der Waals surface area contributed by atoms with Crippen molar-refractivity contribution in [3.8, 4) is 0 Å². The van der Waals surface area contributed by atoms with Crippen LogP contribution in [0.4, 0.5) is 5.69 Å². The molecule has 0 amide bonds. The molecular weight excluding hydrogens is 317 g/mol. The summed E-state index contributed by atoms with van der Waals surface area (Å²) in [5.74, 6) is 0. The first kappa shape index (κ1) is 16.1. The summed E-state index contributed by atoms with van der Waals surface area (Å²) in [6.45, 7) is 1.63. The highest BCUT2D eigenvalue weighted by molar-refractivity contribution is 7.89. The Morgan fingerprint density at radius 1 is 1.47 bits per heavy atom. The number of nitrogens with one attached hydrogen (secondary N) is 1. The molecule has 0 aliphatic carbocycles. The Morgan fingerprint density at radius 3 is 2.53 bits per heavy atom. The fourth-order valence-corrected chi connectivity index (χ4v) is 3.42. The molecule has 0 radical (unpaired) electrons. The van der Waals surface area contributed by atoms with Gasteiger partial charge in [0.25, 0.3) is 0 Å². The van der Waals surface area contributed by atoms with Crippen LogP contribution in [0.1, 0.15) is 6.92 Å². The first-order valence-corrected chi connectivity index (χ1v) is 7.29. The van der Waals surface area contributed by atoms with E-state index in [1.54, 1.807) is 6.92 Å². The molecule has 10 heteroatoms. The smallest absolute Gasteiger partial charge is 0.307 e. The number of benzene rings is 1.